The Morgan fingerprint density at radius 1 is 1.22 bits per heavy atom. The molecule has 0 amide bonds. The van der Waals surface area contributed by atoms with Crippen molar-refractivity contribution < 1.29 is 14.9 Å². The van der Waals surface area contributed by atoms with Crippen LogP contribution in [0.25, 0.3) is 10.9 Å². The molecule has 8 heteroatoms. The molecule has 0 bridgehead atoms. The van der Waals surface area contributed by atoms with Crippen LogP contribution in [0.4, 0.5) is 5.69 Å². The van der Waals surface area contributed by atoms with Gasteiger partial charge in [0.15, 0.2) is 5.75 Å². The molecular weight excluding hydrogens is 350 g/mol. The summed E-state index contributed by atoms with van der Waals surface area (Å²) < 4.78 is 7.35. The van der Waals surface area contributed by atoms with Crippen molar-refractivity contribution in [3.63, 3.8) is 0 Å². The first-order chi connectivity index (χ1) is 13.0. The minimum atomic E-state index is -0.691. The van der Waals surface area contributed by atoms with Crippen LogP contribution in [0.1, 0.15) is 31.7 Å². The number of piperidine rings is 1. The lowest BCUT2D eigenvalue weighted by Gasteiger charge is -2.36. The number of anilines is 1. The van der Waals surface area contributed by atoms with E-state index in [0.717, 1.165) is 31.4 Å². The fraction of sp³-hybridized carbons (Fsp3) is 0.579. The van der Waals surface area contributed by atoms with Crippen LogP contribution in [0.3, 0.4) is 0 Å². The Balaban J connectivity index is 1.78. The minimum absolute atomic E-state index is 0.0743. The maximum absolute atomic E-state index is 12.4. The number of H-pyrrole nitrogens is 1. The predicted octanol–water partition coefficient (Wildman–Crippen LogP) is 0.603. The van der Waals surface area contributed by atoms with Crippen molar-refractivity contribution in [2.45, 2.75) is 37.8 Å². The summed E-state index contributed by atoms with van der Waals surface area (Å²) >= 11 is 0. The Morgan fingerprint density at radius 3 is 2.52 bits per heavy atom. The molecule has 1 saturated heterocycles. The van der Waals surface area contributed by atoms with Gasteiger partial charge in [0.1, 0.15) is 5.52 Å². The molecule has 1 aliphatic heterocycles. The van der Waals surface area contributed by atoms with E-state index in [0.29, 0.717) is 29.7 Å². The molecule has 27 heavy (non-hydrogen) atoms. The zero-order chi connectivity index (χ0) is 19.1. The van der Waals surface area contributed by atoms with Gasteiger partial charge in [-0.05, 0) is 43.7 Å². The van der Waals surface area contributed by atoms with Crippen molar-refractivity contribution in [3.05, 3.63) is 33.0 Å². The fourth-order valence-electron chi connectivity index (χ4n) is 4.11. The number of aromatic amines is 1. The largest absolute Gasteiger partial charge is 0.492 e. The molecule has 146 valence electrons. The molecule has 2 fully saturated rings. The summed E-state index contributed by atoms with van der Waals surface area (Å²) in [4.78, 5) is 29.3. The molecule has 0 radical (unpaired) electrons. The normalized spacial score (nSPS) is 19.4. The number of methoxy groups -OCH3 is 1. The third-order valence-electron chi connectivity index (χ3n) is 5.76. The fourth-order valence-corrected chi connectivity index (χ4v) is 4.11. The SMILES string of the molecule is COc1c(N2CCC(C(O)CO)CC2)ccc2c(=O)[nH]c(=O)n(C3CC3)c12. The Hall–Kier alpha value is -2.32. The van der Waals surface area contributed by atoms with Crippen LogP contribution in [-0.2, 0) is 0 Å². The number of nitrogens with one attached hydrogen (secondary N) is 1. The molecular formula is C19H25N3O5. The first-order valence-electron chi connectivity index (χ1n) is 9.44. The van der Waals surface area contributed by atoms with Crippen molar-refractivity contribution in [2.75, 3.05) is 31.7 Å². The lowest BCUT2D eigenvalue weighted by molar-refractivity contribution is 0.0376. The van der Waals surface area contributed by atoms with Crippen LogP contribution < -0.4 is 20.9 Å². The van der Waals surface area contributed by atoms with E-state index in [9.17, 15) is 14.7 Å². The lowest BCUT2D eigenvalue weighted by Crippen LogP contribution is -2.39. The highest BCUT2D eigenvalue weighted by atomic mass is 16.5. The summed E-state index contributed by atoms with van der Waals surface area (Å²) in [7, 11) is 1.56. The molecule has 4 rings (SSSR count). The van der Waals surface area contributed by atoms with E-state index in [1.807, 2.05) is 6.07 Å². The molecule has 8 nitrogen and oxygen atoms in total. The van der Waals surface area contributed by atoms with Crippen molar-refractivity contribution >= 4 is 16.6 Å². The number of ether oxygens (including phenoxy) is 1. The second kappa shape index (κ2) is 7.01. The van der Waals surface area contributed by atoms with Gasteiger partial charge >= 0.3 is 5.69 Å². The van der Waals surface area contributed by atoms with E-state index < -0.39 is 17.4 Å². The molecule has 1 aromatic heterocycles. The highest BCUT2D eigenvalue weighted by molar-refractivity contribution is 5.90. The molecule has 1 unspecified atom stereocenters. The van der Waals surface area contributed by atoms with Gasteiger partial charge in [-0.25, -0.2) is 4.79 Å². The van der Waals surface area contributed by atoms with E-state index in [-0.39, 0.29) is 18.6 Å². The second-order valence-electron chi connectivity index (χ2n) is 7.45. The number of aliphatic hydroxyl groups is 2. The van der Waals surface area contributed by atoms with Gasteiger partial charge in [0.25, 0.3) is 5.56 Å². The number of benzene rings is 1. The maximum atomic E-state index is 12.4. The number of aromatic nitrogens is 2. The van der Waals surface area contributed by atoms with Gasteiger partial charge in [0.2, 0.25) is 0 Å². The lowest BCUT2D eigenvalue weighted by atomic mass is 9.91. The monoisotopic (exact) mass is 375 g/mol. The van der Waals surface area contributed by atoms with Crippen molar-refractivity contribution in [2.24, 2.45) is 5.92 Å². The highest BCUT2D eigenvalue weighted by Gasteiger charge is 2.31. The van der Waals surface area contributed by atoms with E-state index >= 15 is 0 Å². The Labute approximate surface area is 156 Å². The molecule has 0 spiro atoms. The zero-order valence-corrected chi connectivity index (χ0v) is 15.4. The first kappa shape index (κ1) is 18.1. The van der Waals surface area contributed by atoms with Gasteiger partial charge in [-0.15, -0.1) is 0 Å². The van der Waals surface area contributed by atoms with Crippen LogP contribution >= 0.6 is 0 Å². The average Bonchev–Trinajstić information content (AvgIpc) is 3.51. The van der Waals surface area contributed by atoms with Gasteiger partial charge in [0.05, 0.1) is 30.9 Å². The number of nitrogens with zero attached hydrogens (tertiary/aromatic N) is 2. The third-order valence-corrected chi connectivity index (χ3v) is 5.76. The van der Waals surface area contributed by atoms with E-state index in [2.05, 4.69) is 9.88 Å². The van der Waals surface area contributed by atoms with Gasteiger partial charge in [-0.1, -0.05) is 0 Å². The second-order valence-corrected chi connectivity index (χ2v) is 7.45. The average molecular weight is 375 g/mol. The van der Waals surface area contributed by atoms with Crippen LogP contribution in [-0.4, -0.2) is 52.7 Å². The summed E-state index contributed by atoms with van der Waals surface area (Å²) in [5, 5.41) is 19.5. The molecule has 2 aliphatic rings. The van der Waals surface area contributed by atoms with Crippen molar-refractivity contribution in [3.8, 4) is 5.75 Å². The van der Waals surface area contributed by atoms with Crippen molar-refractivity contribution in [1.82, 2.24) is 9.55 Å². The van der Waals surface area contributed by atoms with Crippen LogP contribution in [0.15, 0.2) is 21.7 Å². The molecule has 2 heterocycles. The summed E-state index contributed by atoms with van der Waals surface area (Å²) in [6.07, 6.45) is 2.66. The number of hydrogen-bond donors (Lipinski definition) is 3. The Morgan fingerprint density at radius 2 is 1.93 bits per heavy atom. The van der Waals surface area contributed by atoms with Crippen molar-refractivity contribution in [1.29, 1.82) is 0 Å². The van der Waals surface area contributed by atoms with E-state index in [1.165, 1.54) is 0 Å². The van der Waals surface area contributed by atoms with Crippen LogP contribution in [0.2, 0.25) is 0 Å². The Bertz CT molecular complexity index is 954. The topological polar surface area (TPSA) is 108 Å². The quantitative estimate of drug-likeness (QED) is 0.707. The predicted molar refractivity (Wildman–Crippen MR) is 102 cm³/mol. The van der Waals surface area contributed by atoms with Gasteiger partial charge < -0.3 is 19.8 Å². The Kier molecular flexibility index (Phi) is 4.69. The van der Waals surface area contributed by atoms with Gasteiger partial charge in [-0.2, -0.15) is 0 Å². The zero-order valence-electron chi connectivity index (χ0n) is 15.4. The number of hydrogen-bond acceptors (Lipinski definition) is 6. The summed E-state index contributed by atoms with van der Waals surface area (Å²) in [5.74, 6) is 0.619. The summed E-state index contributed by atoms with van der Waals surface area (Å²) in [5.41, 5.74) is 0.613. The van der Waals surface area contributed by atoms with E-state index in [1.54, 1.807) is 17.7 Å². The molecule has 3 N–H and O–H groups in total. The maximum Gasteiger partial charge on any atom is 0.329 e. The molecule has 2 aromatic rings. The standard InChI is InChI=1S/C19H25N3O5/c1-27-17-14(21-8-6-11(7-9-21)15(24)10-23)5-4-13-16(17)22(12-2-3-12)19(26)20-18(13)25/h4-5,11-12,15,23-24H,2-3,6-10H2,1H3,(H,20,25,26). The van der Waals surface area contributed by atoms with Gasteiger partial charge in [-0.3, -0.25) is 14.3 Å². The number of rotatable bonds is 5. The molecule has 1 aliphatic carbocycles. The molecule has 1 saturated carbocycles. The smallest absolute Gasteiger partial charge is 0.329 e. The van der Waals surface area contributed by atoms with Gasteiger partial charge in [0, 0.05) is 19.1 Å². The molecule has 1 atom stereocenters. The first-order valence-corrected chi connectivity index (χ1v) is 9.44. The summed E-state index contributed by atoms with van der Waals surface area (Å²) in [6, 6.07) is 3.71. The summed E-state index contributed by atoms with van der Waals surface area (Å²) in [6.45, 7) is 1.20. The molecule has 1 aromatic carbocycles. The number of fused-ring (bicyclic) bond motifs is 1. The van der Waals surface area contributed by atoms with Crippen LogP contribution in [0, 0.1) is 5.92 Å². The highest BCUT2D eigenvalue weighted by Crippen LogP contribution is 2.41. The third kappa shape index (κ3) is 3.12. The number of aliphatic hydroxyl groups excluding tert-OH is 2. The van der Waals surface area contributed by atoms with Crippen LogP contribution in [0.5, 0.6) is 5.75 Å². The minimum Gasteiger partial charge on any atom is -0.492 e. The van der Waals surface area contributed by atoms with E-state index in [4.69, 9.17) is 9.84 Å².